The molecule has 0 bridgehead atoms. The van der Waals surface area contributed by atoms with E-state index < -0.39 is 17.4 Å². The lowest BCUT2D eigenvalue weighted by Crippen LogP contribution is -2.43. The van der Waals surface area contributed by atoms with Crippen LogP contribution in [0.25, 0.3) is 0 Å². The van der Waals surface area contributed by atoms with Gasteiger partial charge >= 0.3 is 11.9 Å². The Kier molecular flexibility index (Phi) is 9.31. The van der Waals surface area contributed by atoms with Crippen LogP contribution < -0.4 is 0 Å². The first kappa shape index (κ1) is 19.9. The van der Waals surface area contributed by atoms with Gasteiger partial charge in [0.1, 0.15) is 0 Å². The molecule has 0 saturated carbocycles. The molecule has 0 saturated heterocycles. The molecule has 0 rings (SSSR count). The van der Waals surface area contributed by atoms with Gasteiger partial charge in [0.25, 0.3) is 0 Å². The molecule has 21 heavy (non-hydrogen) atoms. The van der Waals surface area contributed by atoms with E-state index in [2.05, 4.69) is 13.8 Å². The Labute approximate surface area is 129 Å². The van der Waals surface area contributed by atoms with Crippen molar-refractivity contribution in [2.45, 2.75) is 67.2 Å². The van der Waals surface area contributed by atoms with Crippen LogP contribution in [-0.4, -0.2) is 25.2 Å². The van der Waals surface area contributed by atoms with Gasteiger partial charge in [0, 0.05) is 0 Å². The summed E-state index contributed by atoms with van der Waals surface area (Å²) >= 11 is 0. The van der Waals surface area contributed by atoms with E-state index in [1.54, 1.807) is 13.8 Å². The average Bonchev–Trinajstić information content (AvgIpc) is 2.37. The molecular weight excluding hydrogens is 268 g/mol. The smallest absolute Gasteiger partial charge is 0.323 e. The number of ether oxygens (including phenoxy) is 2. The van der Waals surface area contributed by atoms with Crippen molar-refractivity contribution >= 4 is 11.9 Å². The molecule has 0 amide bonds. The first-order valence-corrected chi connectivity index (χ1v) is 8.14. The summed E-state index contributed by atoms with van der Waals surface area (Å²) in [7, 11) is 0. The molecule has 4 nitrogen and oxygen atoms in total. The van der Waals surface area contributed by atoms with Crippen molar-refractivity contribution in [2.24, 2.45) is 17.3 Å². The van der Waals surface area contributed by atoms with E-state index in [9.17, 15) is 9.59 Å². The summed E-state index contributed by atoms with van der Waals surface area (Å²) in [5, 5.41) is 0. The lowest BCUT2D eigenvalue weighted by atomic mass is 9.75. The Balaban J connectivity index is 5.28. The second kappa shape index (κ2) is 9.80. The summed E-state index contributed by atoms with van der Waals surface area (Å²) in [6.07, 6.45) is 2.78. The summed E-state index contributed by atoms with van der Waals surface area (Å²) in [5.41, 5.74) is -1.14. The Morgan fingerprint density at radius 3 is 1.71 bits per heavy atom. The standard InChI is InChI=1S/C17H32O4/c1-7-20-15(18)17(12-14(5)6,16(19)21-8-2)11-9-10-13(3)4/h13-14H,7-12H2,1-6H3. The van der Waals surface area contributed by atoms with Crippen molar-refractivity contribution in [1.82, 2.24) is 0 Å². The first-order valence-electron chi connectivity index (χ1n) is 8.14. The van der Waals surface area contributed by atoms with E-state index in [0.29, 0.717) is 18.8 Å². The quantitative estimate of drug-likeness (QED) is 0.452. The highest BCUT2D eigenvalue weighted by molar-refractivity contribution is 6.00. The molecule has 0 aromatic carbocycles. The summed E-state index contributed by atoms with van der Waals surface area (Å²) in [6.45, 7) is 12.4. The summed E-state index contributed by atoms with van der Waals surface area (Å²) in [4.78, 5) is 24.9. The van der Waals surface area contributed by atoms with Gasteiger partial charge in [-0.2, -0.15) is 0 Å². The minimum Gasteiger partial charge on any atom is -0.465 e. The third kappa shape index (κ3) is 6.49. The molecule has 0 aromatic heterocycles. The maximum Gasteiger partial charge on any atom is 0.323 e. The molecule has 0 unspecified atom stereocenters. The molecule has 0 spiro atoms. The highest BCUT2D eigenvalue weighted by atomic mass is 16.6. The van der Waals surface area contributed by atoms with Crippen LogP contribution in [0.5, 0.6) is 0 Å². The van der Waals surface area contributed by atoms with Crippen LogP contribution in [0.4, 0.5) is 0 Å². The monoisotopic (exact) mass is 300 g/mol. The van der Waals surface area contributed by atoms with Gasteiger partial charge < -0.3 is 9.47 Å². The van der Waals surface area contributed by atoms with Crippen molar-refractivity contribution in [3.63, 3.8) is 0 Å². The van der Waals surface area contributed by atoms with E-state index in [4.69, 9.17) is 9.47 Å². The third-order valence-electron chi connectivity index (χ3n) is 3.47. The topological polar surface area (TPSA) is 52.6 Å². The maximum atomic E-state index is 12.5. The molecule has 0 N–H and O–H groups in total. The SMILES string of the molecule is CCOC(=O)C(CCCC(C)C)(CC(C)C)C(=O)OCC. The molecule has 0 atom stereocenters. The van der Waals surface area contributed by atoms with Gasteiger partial charge in [0.05, 0.1) is 13.2 Å². The zero-order valence-electron chi connectivity index (χ0n) is 14.5. The molecular formula is C17H32O4. The number of hydrogen-bond acceptors (Lipinski definition) is 4. The fourth-order valence-electron chi connectivity index (χ4n) is 2.60. The summed E-state index contributed by atoms with van der Waals surface area (Å²) in [5.74, 6) is -0.0918. The van der Waals surface area contributed by atoms with Gasteiger partial charge in [-0.25, -0.2) is 0 Å². The third-order valence-corrected chi connectivity index (χ3v) is 3.47. The normalized spacial score (nSPS) is 11.8. The Morgan fingerprint density at radius 1 is 0.905 bits per heavy atom. The summed E-state index contributed by atoms with van der Waals surface area (Å²) in [6, 6.07) is 0. The van der Waals surface area contributed by atoms with Crippen molar-refractivity contribution < 1.29 is 19.1 Å². The number of hydrogen-bond donors (Lipinski definition) is 0. The van der Waals surface area contributed by atoms with Gasteiger partial charge in [0.2, 0.25) is 0 Å². The highest BCUT2D eigenvalue weighted by Gasteiger charge is 2.48. The Hall–Kier alpha value is -1.06. The molecule has 0 aliphatic heterocycles. The van der Waals surface area contributed by atoms with Crippen molar-refractivity contribution in [2.75, 3.05) is 13.2 Å². The highest BCUT2D eigenvalue weighted by Crippen LogP contribution is 2.36. The Morgan fingerprint density at radius 2 is 1.38 bits per heavy atom. The van der Waals surface area contributed by atoms with Crippen LogP contribution in [0.2, 0.25) is 0 Å². The van der Waals surface area contributed by atoms with Crippen molar-refractivity contribution in [3.05, 3.63) is 0 Å². The van der Waals surface area contributed by atoms with Crippen LogP contribution in [-0.2, 0) is 19.1 Å². The molecule has 4 heteroatoms. The number of carbonyl (C=O) groups excluding carboxylic acids is 2. The van der Waals surface area contributed by atoms with Crippen LogP contribution >= 0.6 is 0 Å². The number of carbonyl (C=O) groups is 2. The van der Waals surface area contributed by atoms with Crippen LogP contribution in [0.3, 0.4) is 0 Å². The minimum atomic E-state index is -1.14. The largest absolute Gasteiger partial charge is 0.465 e. The lowest BCUT2D eigenvalue weighted by molar-refractivity contribution is -0.174. The van der Waals surface area contributed by atoms with E-state index in [1.807, 2.05) is 13.8 Å². The average molecular weight is 300 g/mol. The number of rotatable bonds is 10. The van der Waals surface area contributed by atoms with Gasteiger partial charge in [-0.15, -0.1) is 0 Å². The molecule has 0 heterocycles. The van der Waals surface area contributed by atoms with Crippen LogP contribution in [0, 0.1) is 17.3 Å². The predicted octanol–water partition coefficient (Wildman–Crippen LogP) is 3.97. The maximum absolute atomic E-state index is 12.5. The molecule has 0 fully saturated rings. The van der Waals surface area contributed by atoms with E-state index in [0.717, 1.165) is 12.8 Å². The second-order valence-electron chi connectivity index (χ2n) is 6.41. The lowest BCUT2D eigenvalue weighted by Gasteiger charge is -2.31. The molecule has 0 aliphatic rings. The fraction of sp³-hybridized carbons (Fsp3) is 0.882. The molecule has 0 aromatic rings. The van der Waals surface area contributed by atoms with Gasteiger partial charge in [-0.1, -0.05) is 40.5 Å². The molecule has 124 valence electrons. The predicted molar refractivity (Wildman–Crippen MR) is 83.8 cm³/mol. The summed E-state index contributed by atoms with van der Waals surface area (Å²) < 4.78 is 10.4. The van der Waals surface area contributed by atoms with Crippen LogP contribution in [0.1, 0.15) is 67.2 Å². The van der Waals surface area contributed by atoms with E-state index in [-0.39, 0.29) is 19.1 Å². The van der Waals surface area contributed by atoms with Gasteiger partial charge in [0.15, 0.2) is 5.41 Å². The molecule has 0 aliphatic carbocycles. The van der Waals surface area contributed by atoms with Crippen molar-refractivity contribution in [3.8, 4) is 0 Å². The van der Waals surface area contributed by atoms with Gasteiger partial charge in [-0.3, -0.25) is 9.59 Å². The zero-order chi connectivity index (χ0) is 16.5. The minimum absolute atomic E-state index is 0.220. The number of esters is 2. The van der Waals surface area contributed by atoms with Crippen LogP contribution in [0.15, 0.2) is 0 Å². The van der Waals surface area contributed by atoms with E-state index in [1.165, 1.54) is 0 Å². The Bertz CT molecular complexity index is 303. The fourth-order valence-corrected chi connectivity index (χ4v) is 2.60. The molecule has 0 radical (unpaired) electrons. The zero-order valence-corrected chi connectivity index (χ0v) is 14.5. The van der Waals surface area contributed by atoms with E-state index >= 15 is 0 Å². The van der Waals surface area contributed by atoms with Crippen molar-refractivity contribution in [1.29, 1.82) is 0 Å². The second-order valence-corrected chi connectivity index (χ2v) is 6.41. The van der Waals surface area contributed by atoms with Gasteiger partial charge in [-0.05, 0) is 38.5 Å². The first-order chi connectivity index (χ1) is 9.80.